The second-order valence-electron chi connectivity index (χ2n) is 6.61. The van der Waals surface area contributed by atoms with Gasteiger partial charge >= 0.3 is 0 Å². The summed E-state index contributed by atoms with van der Waals surface area (Å²) in [5.74, 6) is 1.45. The summed E-state index contributed by atoms with van der Waals surface area (Å²) in [6.45, 7) is 7.25. The molecule has 0 spiro atoms. The summed E-state index contributed by atoms with van der Waals surface area (Å²) in [7, 11) is 0. The largest absolute Gasteiger partial charge is 0.490 e. The van der Waals surface area contributed by atoms with E-state index in [-0.39, 0.29) is 0 Å². The second kappa shape index (κ2) is 7.37. The summed E-state index contributed by atoms with van der Waals surface area (Å²) in [5.41, 5.74) is 2.39. The molecule has 0 saturated heterocycles. The first kappa shape index (κ1) is 17.5. The Balaban J connectivity index is 1.62. The van der Waals surface area contributed by atoms with Crippen molar-refractivity contribution in [1.82, 2.24) is 14.5 Å². The van der Waals surface area contributed by atoms with Gasteiger partial charge in [0.05, 0.1) is 39.4 Å². The van der Waals surface area contributed by atoms with Crippen LogP contribution in [0.25, 0.3) is 26.4 Å². The lowest BCUT2D eigenvalue weighted by atomic mass is 10.2. The third kappa shape index (κ3) is 3.23. The number of nitrogens with zero attached hydrogens (tertiary/aromatic N) is 3. The second-order valence-corrected chi connectivity index (χ2v) is 9.12. The van der Waals surface area contributed by atoms with E-state index in [1.54, 1.807) is 12.4 Å². The zero-order chi connectivity index (χ0) is 18.1. The molecule has 26 heavy (non-hydrogen) atoms. The van der Waals surface area contributed by atoms with Crippen molar-refractivity contribution in [1.29, 1.82) is 0 Å². The molecular formula is C20H23N3OS2. The maximum absolute atomic E-state index is 5.78. The van der Waals surface area contributed by atoms with E-state index >= 15 is 0 Å². The Kier molecular flexibility index (Phi) is 4.96. The van der Waals surface area contributed by atoms with Gasteiger partial charge in [-0.25, -0.2) is 9.97 Å². The van der Waals surface area contributed by atoms with E-state index < -0.39 is 0 Å². The Bertz CT molecular complexity index is 973. The Morgan fingerprint density at radius 2 is 1.54 bits per heavy atom. The molecule has 0 aliphatic heterocycles. The number of hydrogen-bond acceptors (Lipinski definition) is 5. The van der Waals surface area contributed by atoms with E-state index in [4.69, 9.17) is 4.74 Å². The third-order valence-electron chi connectivity index (χ3n) is 4.44. The van der Waals surface area contributed by atoms with Crippen molar-refractivity contribution in [2.75, 3.05) is 6.61 Å². The van der Waals surface area contributed by atoms with Crippen LogP contribution in [0.3, 0.4) is 0 Å². The van der Waals surface area contributed by atoms with Crippen LogP contribution in [-0.2, 0) is 0 Å². The lowest BCUT2D eigenvalue weighted by Gasteiger charge is -2.07. The van der Waals surface area contributed by atoms with Crippen molar-refractivity contribution in [3.05, 3.63) is 34.3 Å². The number of aromatic nitrogens is 3. The molecule has 0 N–H and O–H groups in total. The van der Waals surface area contributed by atoms with Crippen molar-refractivity contribution in [3.8, 4) is 11.7 Å². The highest BCUT2D eigenvalue weighted by Gasteiger charge is 2.18. The normalized spacial score (nSPS) is 11.7. The summed E-state index contributed by atoms with van der Waals surface area (Å²) in [6.07, 6.45) is 8.37. The zero-order valence-corrected chi connectivity index (χ0v) is 17.0. The molecule has 0 aliphatic carbocycles. The van der Waals surface area contributed by atoms with Crippen LogP contribution in [0.2, 0.25) is 0 Å². The van der Waals surface area contributed by atoms with Gasteiger partial charge in [0.1, 0.15) is 0 Å². The third-order valence-corrected chi connectivity index (χ3v) is 6.68. The van der Waals surface area contributed by atoms with Crippen LogP contribution in [0.5, 0.6) is 5.75 Å². The van der Waals surface area contributed by atoms with Crippen LogP contribution in [0.4, 0.5) is 0 Å². The molecule has 0 saturated carbocycles. The van der Waals surface area contributed by atoms with Crippen LogP contribution in [0.1, 0.15) is 42.4 Å². The molecule has 136 valence electrons. The molecule has 4 rings (SSSR count). The molecule has 0 aliphatic rings. The minimum absolute atomic E-state index is 0.707. The summed E-state index contributed by atoms with van der Waals surface area (Å²) < 4.78 is 10.6. The van der Waals surface area contributed by atoms with Crippen LogP contribution < -0.4 is 4.74 Å². The van der Waals surface area contributed by atoms with Crippen molar-refractivity contribution < 1.29 is 4.74 Å². The summed E-state index contributed by atoms with van der Waals surface area (Å²) in [4.78, 5) is 11.8. The maximum atomic E-state index is 5.78. The lowest BCUT2D eigenvalue weighted by Crippen LogP contribution is -2.02. The number of thiophene rings is 2. The first-order valence-electron chi connectivity index (χ1n) is 9.13. The van der Waals surface area contributed by atoms with Crippen molar-refractivity contribution in [3.63, 3.8) is 0 Å². The maximum Gasteiger partial charge on any atom is 0.234 e. The van der Waals surface area contributed by atoms with Gasteiger partial charge in [-0.1, -0.05) is 26.2 Å². The molecule has 4 aromatic rings. The molecule has 4 aromatic heterocycles. The van der Waals surface area contributed by atoms with Crippen LogP contribution >= 0.6 is 22.7 Å². The molecule has 0 unspecified atom stereocenters. The van der Waals surface area contributed by atoms with Gasteiger partial charge in [0, 0.05) is 9.75 Å². The zero-order valence-electron chi connectivity index (χ0n) is 15.4. The lowest BCUT2D eigenvalue weighted by molar-refractivity contribution is 0.302. The topological polar surface area (TPSA) is 39.9 Å². The molecule has 0 atom stereocenters. The minimum atomic E-state index is 0.707. The summed E-state index contributed by atoms with van der Waals surface area (Å²) in [5, 5.41) is 0. The summed E-state index contributed by atoms with van der Waals surface area (Å²) in [6, 6.07) is 4.45. The smallest absolute Gasteiger partial charge is 0.234 e. The Morgan fingerprint density at radius 3 is 2.12 bits per heavy atom. The molecule has 0 amide bonds. The Hall–Kier alpha value is -1.92. The van der Waals surface area contributed by atoms with Gasteiger partial charge in [-0.3, -0.25) is 4.57 Å². The standard InChI is InChI=1S/C20H23N3OS2/c1-4-5-6-7-8-24-15-11-21-20(22-12-15)23-16-9-13(2)25-18(16)19-17(23)10-14(3)26-19/h9-12H,4-8H2,1-3H3. The van der Waals surface area contributed by atoms with Gasteiger partial charge in [0.2, 0.25) is 5.95 Å². The molecule has 0 radical (unpaired) electrons. The van der Waals surface area contributed by atoms with E-state index in [2.05, 4.69) is 47.4 Å². The first-order chi connectivity index (χ1) is 12.7. The van der Waals surface area contributed by atoms with Crippen LogP contribution in [-0.4, -0.2) is 21.1 Å². The minimum Gasteiger partial charge on any atom is -0.490 e. The van der Waals surface area contributed by atoms with Gasteiger partial charge < -0.3 is 4.74 Å². The number of aryl methyl sites for hydroxylation is 2. The molecule has 0 fully saturated rings. The molecule has 0 bridgehead atoms. The summed E-state index contributed by atoms with van der Waals surface area (Å²) >= 11 is 3.68. The highest BCUT2D eigenvalue weighted by atomic mass is 32.1. The number of ether oxygens (including phenoxy) is 1. The quantitative estimate of drug-likeness (QED) is 0.352. The van der Waals surface area contributed by atoms with Crippen molar-refractivity contribution in [2.45, 2.75) is 46.5 Å². The Morgan fingerprint density at radius 1 is 0.923 bits per heavy atom. The van der Waals surface area contributed by atoms with Gasteiger partial charge in [-0.2, -0.15) is 0 Å². The Labute approximate surface area is 161 Å². The fourth-order valence-electron chi connectivity index (χ4n) is 3.22. The van der Waals surface area contributed by atoms with Crippen molar-refractivity contribution >= 4 is 43.1 Å². The van der Waals surface area contributed by atoms with Gasteiger partial charge in [0.15, 0.2) is 5.75 Å². The molecule has 4 heterocycles. The fraction of sp³-hybridized carbons (Fsp3) is 0.400. The highest BCUT2D eigenvalue weighted by molar-refractivity contribution is 7.27. The average Bonchev–Trinajstić information content (AvgIpc) is 3.25. The fourth-order valence-corrected chi connectivity index (χ4v) is 5.36. The number of hydrogen-bond donors (Lipinski definition) is 0. The van der Waals surface area contributed by atoms with E-state index in [1.807, 2.05) is 22.7 Å². The van der Waals surface area contributed by atoms with E-state index in [1.165, 1.54) is 49.5 Å². The van der Waals surface area contributed by atoms with E-state index in [9.17, 15) is 0 Å². The van der Waals surface area contributed by atoms with Gasteiger partial charge in [-0.15, -0.1) is 22.7 Å². The van der Waals surface area contributed by atoms with Crippen LogP contribution in [0.15, 0.2) is 24.5 Å². The average molecular weight is 386 g/mol. The van der Waals surface area contributed by atoms with Gasteiger partial charge in [-0.05, 0) is 32.4 Å². The first-order valence-corrected chi connectivity index (χ1v) is 10.8. The van der Waals surface area contributed by atoms with E-state index in [0.29, 0.717) is 5.95 Å². The van der Waals surface area contributed by atoms with Gasteiger partial charge in [0.25, 0.3) is 0 Å². The van der Waals surface area contributed by atoms with E-state index in [0.717, 1.165) is 18.8 Å². The molecule has 0 aromatic carbocycles. The number of fused-ring (bicyclic) bond motifs is 3. The molecule has 4 nitrogen and oxygen atoms in total. The van der Waals surface area contributed by atoms with Crippen LogP contribution in [0, 0.1) is 13.8 Å². The molecule has 6 heteroatoms. The highest BCUT2D eigenvalue weighted by Crippen LogP contribution is 2.40. The number of unbranched alkanes of at least 4 members (excludes halogenated alkanes) is 3. The SMILES string of the molecule is CCCCCCOc1cnc(-n2c3cc(C)sc3c3sc(C)cc32)nc1. The monoisotopic (exact) mass is 385 g/mol. The molecular weight excluding hydrogens is 362 g/mol. The predicted molar refractivity (Wildman–Crippen MR) is 111 cm³/mol. The number of rotatable bonds is 7. The van der Waals surface area contributed by atoms with Crippen molar-refractivity contribution in [2.24, 2.45) is 0 Å². The predicted octanol–water partition coefficient (Wildman–Crippen LogP) is 6.27.